The van der Waals surface area contributed by atoms with Gasteiger partial charge in [-0.25, -0.2) is 4.79 Å². The van der Waals surface area contributed by atoms with Crippen LogP contribution < -0.4 is 5.32 Å². The summed E-state index contributed by atoms with van der Waals surface area (Å²) in [6.07, 6.45) is 2.10. The standard InChI is InChI=1S/C16H20N4O/c17-11-13-1-3-14(4-2-13)12-19-9-10-20(16(19)21)15-5-7-18-8-6-15/h1-4,15,18H,5-10,12H2. The van der Waals surface area contributed by atoms with E-state index in [0.717, 1.165) is 44.6 Å². The van der Waals surface area contributed by atoms with Gasteiger partial charge in [0, 0.05) is 25.7 Å². The molecule has 5 heteroatoms. The summed E-state index contributed by atoms with van der Waals surface area (Å²) in [6, 6.07) is 10.1. The number of nitrogens with one attached hydrogen (secondary N) is 1. The Kier molecular flexibility index (Phi) is 4.07. The molecule has 110 valence electrons. The molecule has 0 aromatic heterocycles. The van der Waals surface area contributed by atoms with E-state index in [2.05, 4.69) is 11.4 Å². The number of piperidine rings is 1. The number of carbonyl (C=O) groups excluding carboxylic acids is 1. The fourth-order valence-corrected chi connectivity index (χ4v) is 3.11. The molecule has 2 saturated heterocycles. The molecule has 2 heterocycles. The second kappa shape index (κ2) is 6.15. The summed E-state index contributed by atoms with van der Waals surface area (Å²) in [5.74, 6) is 0. The van der Waals surface area contributed by atoms with Crippen molar-refractivity contribution in [3.8, 4) is 6.07 Å². The van der Waals surface area contributed by atoms with Crippen molar-refractivity contribution in [1.82, 2.24) is 15.1 Å². The predicted octanol–water partition coefficient (Wildman–Crippen LogP) is 1.55. The molecule has 2 aliphatic heterocycles. The summed E-state index contributed by atoms with van der Waals surface area (Å²) in [4.78, 5) is 16.4. The molecular weight excluding hydrogens is 264 g/mol. The Bertz CT molecular complexity index is 542. The van der Waals surface area contributed by atoms with Gasteiger partial charge in [-0.15, -0.1) is 0 Å². The van der Waals surface area contributed by atoms with Gasteiger partial charge in [-0.1, -0.05) is 12.1 Å². The van der Waals surface area contributed by atoms with Crippen LogP contribution in [0.2, 0.25) is 0 Å². The summed E-state index contributed by atoms with van der Waals surface area (Å²) in [5.41, 5.74) is 1.73. The van der Waals surface area contributed by atoms with E-state index in [0.29, 0.717) is 18.2 Å². The highest BCUT2D eigenvalue weighted by molar-refractivity contribution is 5.77. The number of carbonyl (C=O) groups is 1. The first-order valence-electron chi connectivity index (χ1n) is 7.53. The quantitative estimate of drug-likeness (QED) is 0.916. The Morgan fingerprint density at radius 1 is 1.19 bits per heavy atom. The number of benzene rings is 1. The Labute approximate surface area is 125 Å². The molecule has 0 aliphatic carbocycles. The monoisotopic (exact) mass is 284 g/mol. The van der Waals surface area contributed by atoms with Gasteiger partial charge < -0.3 is 15.1 Å². The number of nitriles is 1. The third-order valence-electron chi connectivity index (χ3n) is 4.33. The summed E-state index contributed by atoms with van der Waals surface area (Å²) >= 11 is 0. The summed E-state index contributed by atoms with van der Waals surface area (Å²) in [6.45, 7) is 4.27. The number of rotatable bonds is 3. The molecule has 3 rings (SSSR count). The summed E-state index contributed by atoms with van der Waals surface area (Å²) in [7, 11) is 0. The minimum absolute atomic E-state index is 0.159. The third kappa shape index (κ3) is 3.01. The van der Waals surface area contributed by atoms with Crippen LogP contribution in [0, 0.1) is 11.3 Å². The van der Waals surface area contributed by atoms with Gasteiger partial charge in [-0.2, -0.15) is 5.26 Å². The molecule has 0 unspecified atom stereocenters. The molecule has 5 nitrogen and oxygen atoms in total. The highest BCUT2D eigenvalue weighted by atomic mass is 16.2. The molecule has 0 saturated carbocycles. The van der Waals surface area contributed by atoms with Gasteiger partial charge in [0.05, 0.1) is 11.6 Å². The van der Waals surface area contributed by atoms with Crippen LogP contribution >= 0.6 is 0 Å². The van der Waals surface area contributed by atoms with E-state index in [9.17, 15) is 4.79 Å². The Balaban J connectivity index is 1.61. The fraction of sp³-hybridized carbons (Fsp3) is 0.500. The minimum Gasteiger partial charge on any atom is -0.320 e. The maximum atomic E-state index is 12.5. The first-order valence-corrected chi connectivity index (χ1v) is 7.53. The smallest absolute Gasteiger partial charge is 0.320 e. The SMILES string of the molecule is N#Cc1ccc(CN2CCN(C3CCNCC3)C2=O)cc1. The maximum Gasteiger partial charge on any atom is 0.320 e. The topological polar surface area (TPSA) is 59.4 Å². The van der Waals surface area contributed by atoms with E-state index >= 15 is 0 Å². The van der Waals surface area contributed by atoms with Gasteiger partial charge in [-0.3, -0.25) is 0 Å². The van der Waals surface area contributed by atoms with Gasteiger partial charge in [0.25, 0.3) is 0 Å². The lowest BCUT2D eigenvalue weighted by Gasteiger charge is -2.31. The van der Waals surface area contributed by atoms with Crippen molar-refractivity contribution in [3.05, 3.63) is 35.4 Å². The molecule has 0 atom stereocenters. The van der Waals surface area contributed by atoms with Crippen LogP contribution in [0.5, 0.6) is 0 Å². The van der Waals surface area contributed by atoms with Crippen LogP contribution in [0.1, 0.15) is 24.0 Å². The lowest BCUT2D eigenvalue weighted by molar-refractivity contribution is 0.165. The van der Waals surface area contributed by atoms with Gasteiger partial charge in [0.15, 0.2) is 0 Å². The molecule has 1 N–H and O–H groups in total. The van der Waals surface area contributed by atoms with Crippen LogP contribution in [0.3, 0.4) is 0 Å². The van der Waals surface area contributed by atoms with Gasteiger partial charge in [0.2, 0.25) is 0 Å². The normalized spacial score (nSPS) is 19.9. The van der Waals surface area contributed by atoms with Crippen molar-refractivity contribution in [2.45, 2.75) is 25.4 Å². The molecule has 2 aliphatic rings. The van der Waals surface area contributed by atoms with Crippen molar-refractivity contribution in [2.75, 3.05) is 26.2 Å². The van der Waals surface area contributed by atoms with Crippen LogP contribution in [0.4, 0.5) is 4.79 Å². The molecule has 0 bridgehead atoms. The van der Waals surface area contributed by atoms with Crippen molar-refractivity contribution in [3.63, 3.8) is 0 Å². The van der Waals surface area contributed by atoms with Crippen LogP contribution in [0.25, 0.3) is 0 Å². The number of hydrogen-bond acceptors (Lipinski definition) is 3. The highest BCUT2D eigenvalue weighted by Crippen LogP contribution is 2.20. The largest absolute Gasteiger partial charge is 0.320 e. The van der Waals surface area contributed by atoms with Crippen molar-refractivity contribution in [2.24, 2.45) is 0 Å². The zero-order chi connectivity index (χ0) is 14.7. The number of nitrogens with zero attached hydrogens (tertiary/aromatic N) is 3. The summed E-state index contributed by atoms with van der Waals surface area (Å²) in [5, 5.41) is 12.1. The van der Waals surface area contributed by atoms with E-state index in [1.54, 1.807) is 12.1 Å². The summed E-state index contributed by atoms with van der Waals surface area (Å²) < 4.78 is 0. The lowest BCUT2D eigenvalue weighted by atomic mass is 10.1. The van der Waals surface area contributed by atoms with Crippen molar-refractivity contribution >= 4 is 6.03 Å². The number of hydrogen-bond donors (Lipinski definition) is 1. The number of amides is 2. The maximum absolute atomic E-state index is 12.5. The second-order valence-corrected chi connectivity index (χ2v) is 5.69. The highest BCUT2D eigenvalue weighted by Gasteiger charge is 2.33. The minimum atomic E-state index is 0.159. The van der Waals surface area contributed by atoms with Gasteiger partial charge in [-0.05, 0) is 43.6 Å². The molecule has 0 spiro atoms. The average molecular weight is 284 g/mol. The molecule has 2 fully saturated rings. The van der Waals surface area contributed by atoms with E-state index in [-0.39, 0.29) is 6.03 Å². The Hall–Kier alpha value is -2.06. The Morgan fingerprint density at radius 3 is 2.57 bits per heavy atom. The first-order chi connectivity index (χ1) is 10.3. The van der Waals surface area contributed by atoms with Crippen LogP contribution in [0.15, 0.2) is 24.3 Å². The third-order valence-corrected chi connectivity index (χ3v) is 4.33. The molecular formula is C16H20N4O. The molecule has 1 aromatic carbocycles. The zero-order valence-corrected chi connectivity index (χ0v) is 12.1. The fourth-order valence-electron chi connectivity index (χ4n) is 3.11. The van der Waals surface area contributed by atoms with E-state index in [1.165, 1.54) is 0 Å². The van der Waals surface area contributed by atoms with E-state index in [4.69, 9.17) is 5.26 Å². The van der Waals surface area contributed by atoms with Gasteiger partial charge >= 0.3 is 6.03 Å². The van der Waals surface area contributed by atoms with Crippen molar-refractivity contribution < 1.29 is 4.79 Å². The van der Waals surface area contributed by atoms with E-state index < -0.39 is 0 Å². The van der Waals surface area contributed by atoms with E-state index in [1.807, 2.05) is 21.9 Å². The van der Waals surface area contributed by atoms with Crippen LogP contribution in [-0.4, -0.2) is 48.1 Å². The molecule has 1 aromatic rings. The lowest BCUT2D eigenvalue weighted by Crippen LogP contribution is -2.45. The first kappa shape index (κ1) is 13.9. The average Bonchev–Trinajstić information content (AvgIpc) is 2.90. The van der Waals surface area contributed by atoms with Gasteiger partial charge in [0.1, 0.15) is 0 Å². The molecule has 0 radical (unpaired) electrons. The number of urea groups is 1. The Morgan fingerprint density at radius 2 is 1.90 bits per heavy atom. The predicted molar refractivity (Wildman–Crippen MR) is 79.6 cm³/mol. The molecule has 2 amide bonds. The van der Waals surface area contributed by atoms with Crippen LogP contribution in [-0.2, 0) is 6.54 Å². The second-order valence-electron chi connectivity index (χ2n) is 5.69. The molecule has 21 heavy (non-hydrogen) atoms. The van der Waals surface area contributed by atoms with Crippen molar-refractivity contribution in [1.29, 1.82) is 5.26 Å². The zero-order valence-electron chi connectivity index (χ0n) is 12.1.